The molecule has 0 atom stereocenters. The van der Waals surface area contributed by atoms with Crippen LogP contribution in [-0.2, 0) is 6.54 Å². The molecule has 1 rings (SSSR count). The molecule has 0 aliphatic heterocycles. The summed E-state index contributed by atoms with van der Waals surface area (Å²) in [6, 6.07) is 5.29. The molecule has 0 saturated heterocycles. The highest BCUT2D eigenvalue weighted by Gasteiger charge is 2.00. The molecule has 0 bridgehead atoms. The van der Waals surface area contributed by atoms with Gasteiger partial charge in [0.2, 0.25) is 0 Å². The number of rotatable bonds is 5. The molecule has 0 saturated carbocycles. The van der Waals surface area contributed by atoms with Crippen LogP contribution in [0.2, 0.25) is 0 Å². The third kappa shape index (κ3) is 3.36. The lowest BCUT2D eigenvalue weighted by Gasteiger charge is -2.11. The first-order valence-electron chi connectivity index (χ1n) is 5.19. The predicted octanol–water partition coefficient (Wildman–Crippen LogP) is 1.32. The minimum absolute atomic E-state index is 0.0349. The molecular formula is C12H18N2O. The maximum Gasteiger partial charge on any atom is 0.251 e. The number of likely N-dealkylation sites (N-methyl/N-ethyl adjacent to an activating group) is 1. The van der Waals surface area contributed by atoms with Crippen molar-refractivity contribution in [2.45, 2.75) is 20.4 Å². The third-order valence-corrected chi connectivity index (χ3v) is 2.27. The van der Waals surface area contributed by atoms with Crippen LogP contribution in [0.3, 0.4) is 0 Å². The van der Waals surface area contributed by atoms with E-state index in [-0.39, 0.29) is 5.56 Å². The molecule has 0 radical (unpaired) electrons. The number of hydrogen-bond acceptors (Lipinski definition) is 2. The fourth-order valence-corrected chi connectivity index (χ4v) is 1.41. The molecule has 15 heavy (non-hydrogen) atoms. The fourth-order valence-electron chi connectivity index (χ4n) is 1.41. The molecule has 1 aromatic heterocycles. The summed E-state index contributed by atoms with van der Waals surface area (Å²) in [6.07, 6.45) is 0. The van der Waals surface area contributed by atoms with Crippen LogP contribution in [0.25, 0.3) is 0 Å². The zero-order valence-electron chi connectivity index (χ0n) is 9.42. The molecule has 0 aromatic carbocycles. The number of aryl methyl sites for hydroxylation is 1. The number of nitrogens with zero attached hydrogens (tertiary/aromatic N) is 1. The Hall–Kier alpha value is -1.35. The minimum Gasteiger partial charge on any atom is -0.313 e. The van der Waals surface area contributed by atoms with Gasteiger partial charge in [0.25, 0.3) is 5.56 Å². The highest BCUT2D eigenvalue weighted by Crippen LogP contribution is 1.98. The van der Waals surface area contributed by atoms with E-state index in [1.165, 1.54) is 0 Å². The zero-order chi connectivity index (χ0) is 11.3. The second-order valence-corrected chi connectivity index (χ2v) is 3.62. The van der Waals surface area contributed by atoms with E-state index in [1.54, 1.807) is 16.7 Å². The van der Waals surface area contributed by atoms with Crippen molar-refractivity contribution in [3.05, 3.63) is 46.4 Å². The number of pyridine rings is 1. The predicted molar refractivity (Wildman–Crippen MR) is 63.1 cm³/mol. The van der Waals surface area contributed by atoms with Crippen LogP contribution < -0.4 is 10.9 Å². The Morgan fingerprint density at radius 1 is 1.53 bits per heavy atom. The second kappa shape index (κ2) is 5.51. The third-order valence-electron chi connectivity index (χ3n) is 2.27. The Morgan fingerprint density at radius 2 is 2.27 bits per heavy atom. The molecule has 3 heteroatoms. The molecule has 1 aromatic rings. The van der Waals surface area contributed by atoms with Gasteiger partial charge in [0, 0.05) is 24.8 Å². The molecule has 0 fully saturated rings. The van der Waals surface area contributed by atoms with Crippen molar-refractivity contribution in [2.75, 3.05) is 13.1 Å². The molecule has 0 amide bonds. The maximum absolute atomic E-state index is 11.6. The number of aromatic nitrogens is 1. The van der Waals surface area contributed by atoms with Crippen molar-refractivity contribution < 1.29 is 0 Å². The van der Waals surface area contributed by atoms with E-state index in [2.05, 4.69) is 11.9 Å². The van der Waals surface area contributed by atoms with Gasteiger partial charge < -0.3 is 9.88 Å². The van der Waals surface area contributed by atoms with Crippen LogP contribution in [0.1, 0.15) is 12.6 Å². The molecule has 1 N–H and O–H groups in total. The second-order valence-electron chi connectivity index (χ2n) is 3.62. The van der Waals surface area contributed by atoms with Crippen LogP contribution in [0.4, 0.5) is 0 Å². The van der Waals surface area contributed by atoms with Crippen molar-refractivity contribution in [1.29, 1.82) is 0 Å². The standard InChI is InChI=1S/C12H18N2O/c1-4-13-8-10(2)9-14-11(3)6-5-7-12(14)15/h5-7,13H,2,4,8-9H2,1,3H3. The van der Waals surface area contributed by atoms with Gasteiger partial charge in [0.05, 0.1) is 0 Å². The lowest BCUT2D eigenvalue weighted by molar-refractivity contribution is 0.673. The molecule has 0 aliphatic rings. The first kappa shape index (κ1) is 11.7. The summed E-state index contributed by atoms with van der Waals surface area (Å²) < 4.78 is 1.74. The molecule has 0 unspecified atom stereocenters. The van der Waals surface area contributed by atoms with E-state index >= 15 is 0 Å². The molecule has 0 aliphatic carbocycles. The topological polar surface area (TPSA) is 34.0 Å². The summed E-state index contributed by atoms with van der Waals surface area (Å²) in [7, 11) is 0. The summed E-state index contributed by atoms with van der Waals surface area (Å²) in [4.78, 5) is 11.6. The summed E-state index contributed by atoms with van der Waals surface area (Å²) in [5, 5.41) is 3.19. The van der Waals surface area contributed by atoms with E-state index in [4.69, 9.17) is 0 Å². The van der Waals surface area contributed by atoms with Gasteiger partial charge in [-0.1, -0.05) is 19.6 Å². The molecule has 0 spiro atoms. The first-order valence-corrected chi connectivity index (χ1v) is 5.19. The highest BCUT2D eigenvalue weighted by atomic mass is 16.1. The van der Waals surface area contributed by atoms with Gasteiger partial charge in [0.1, 0.15) is 0 Å². The van der Waals surface area contributed by atoms with E-state index in [0.717, 1.165) is 24.4 Å². The zero-order valence-corrected chi connectivity index (χ0v) is 9.42. The van der Waals surface area contributed by atoms with Crippen molar-refractivity contribution in [1.82, 2.24) is 9.88 Å². The van der Waals surface area contributed by atoms with Gasteiger partial charge >= 0.3 is 0 Å². The van der Waals surface area contributed by atoms with Crippen LogP contribution in [-0.4, -0.2) is 17.7 Å². The van der Waals surface area contributed by atoms with Crippen molar-refractivity contribution in [3.63, 3.8) is 0 Å². The maximum atomic E-state index is 11.6. The summed E-state index contributed by atoms with van der Waals surface area (Å²) >= 11 is 0. The molecule has 82 valence electrons. The minimum atomic E-state index is 0.0349. The largest absolute Gasteiger partial charge is 0.313 e. The van der Waals surface area contributed by atoms with Crippen LogP contribution in [0, 0.1) is 6.92 Å². The first-order chi connectivity index (χ1) is 7.15. The van der Waals surface area contributed by atoms with Crippen LogP contribution in [0.5, 0.6) is 0 Å². The average molecular weight is 206 g/mol. The SMILES string of the molecule is C=C(CNCC)Cn1c(C)cccc1=O. The fraction of sp³-hybridized carbons (Fsp3) is 0.417. The van der Waals surface area contributed by atoms with Gasteiger partial charge in [-0.3, -0.25) is 4.79 Å². The van der Waals surface area contributed by atoms with E-state index in [0.29, 0.717) is 6.54 Å². The van der Waals surface area contributed by atoms with E-state index < -0.39 is 0 Å². The van der Waals surface area contributed by atoms with Gasteiger partial charge in [-0.05, 0) is 25.1 Å². The molecule has 1 heterocycles. The van der Waals surface area contributed by atoms with Gasteiger partial charge in [-0.15, -0.1) is 0 Å². The summed E-state index contributed by atoms with van der Waals surface area (Å²) in [5.41, 5.74) is 2.03. The van der Waals surface area contributed by atoms with E-state index in [1.807, 2.05) is 19.9 Å². The van der Waals surface area contributed by atoms with Crippen LogP contribution in [0.15, 0.2) is 35.1 Å². The van der Waals surface area contributed by atoms with Crippen molar-refractivity contribution in [2.24, 2.45) is 0 Å². The van der Waals surface area contributed by atoms with E-state index in [9.17, 15) is 4.79 Å². The molecular weight excluding hydrogens is 188 g/mol. The lowest BCUT2D eigenvalue weighted by Crippen LogP contribution is -2.25. The Morgan fingerprint density at radius 3 is 2.87 bits per heavy atom. The quantitative estimate of drug-likeness (QED) is 0.737. The Balaban J connectivity index is 2.72. The van der Waals surface area contributed by atoms with Gasteiger partial charge in [-0.2, -0.15) is 0 Å². The van der Waals surface area contributed by atoms with Gasteiger partial charge in [-0.25, -0.2) is 0 Å². The normalized spacial score (nSPS) is 10.3. The smallest absolute Gasteiger partial charge is 0.251 e. The molecule has 3 nitrogen and oxygen atoms in total. The number of hydrogen-bond donors (Lipinski definition) is 1. The summed E-state index contributed by atoms with van der Waals surface area (Å²) in [5.74, 6) is 0. The van der Waals surface area contributed by atoms with Crippen molar-refractivity contribution >= 4 is 0 Å². The highest BCUT2D eigenvalue weighted by molar-refractivity contribution is 5.08. The lowest BCUT2D eigenvalue weighted by atomic mass is 10.2. The Bertz CT molecular complexity index is 393. The van der Waals surface area contributed by atoms with Crippen molar-refractivity contribution in [3.8, 4) is 0 Å². The Kier molecular flexibility index (Phi) is 4.31. The Labute approximate surface area is 90.4 Å². The number of nitrogens with one attached hydrogen (secondary N) is 1. The van der Waals surface area contributed by atoms with Gasteiger partial charge in [0.15, 0.2) is 0 Å². The van der Waals surface area contributed by atoms with Crippen LogP contribution >= 0.6 is 0 Å². The average Bonchev–Trinajstić information content (AvgIpc) is 2.21. The monoisotopic (exact) mass is 206 g/mol. The summed E-state index contributed by atoms with van der Waals surface area (Å²) in [6.45, 7) is 10.2.